The zero-order valence-corrected chi connectivity index (χ0v) is 14.8. The van der Waals surface area contributed by atoms with Crippen LogP contribution in [0.25, 0.3) is 11.3 Å². The minimum atomic E-state index is -0.345. The molecule has 7 heteroatoms. The van der Waals surface area contributed by atoms with E-state index in [4.69, 9.17) is 16.0 Å². The molecule has 1 aromatic carbocycles. The van der Waals surface area contributed by atoms with E-state index >= 15 is 0 Å². The van der Waals surface area contributed by atoms with Crippen LogP contribution in [0.1, 0.15) is 29.4 Å². The molecule has 0 bridgehead atoms. The fourth-order valence-electron chi connectivity index (χ4n) is 2.12. The number of carbonyl (C=O) groups is 1. The molecule has 2 aromatic heterocycles. The van der Waals surface area contributed by atoms with Gasteiger partial charge in [-0.2, -0.15) is 0 Å². The van der Waals surface area contributed by atoms with Gasteiger partial charge in [0.25, 0.3) is 5.91 Å². The second-order valence-electron chi connectivity index (χ2n) is 5.72. The number of nitrogens with zero attached hydrogens (tertiary/aromatic N) is 2. The van der Waals surface area contributed by atoms with Gasteiger partial charge in [-0.1, -0.05) is 36.8 Å². The summed E-state index contributed by atoms with van der Waals surface area (Å²) in [6.07, 6.45) is 0.842. The molecule has 0 saturated heterocycles. The van der Waals surface area contributed by atoms with Gasteiger partial charge in [-0.25, -0.2) is 0 Å². The van der Waals surface area contributed by atoms with Crippen molar-refractivity contribution in [3.05, 3.63) is 52.2 Å². The summed E-state index contributed by atoms with van der Waals surface area (Å²) in [4.78, 5) is 12.3. The summed E-state index contributed by atoms with van der Waals surface area (Å²) in [7, 11) is 0. The normalized spacial score (nSPS) is 11.0. The lowest BCUT2D eigenvalue weighted by molar-refractivity contribution is 0.0997. The van der Waals surface area contributed by atoms with Crippen molar-refractivity contribution in [2.45, 2.75) is 20.3 Å². The number of amides is 1. The molecule has 0 radical (unpaired) electrons. The van der Waals surface area contributed by atoms with E-state index in [9.17, 15) is 4.79 Å². The van der Waals surface area contributed by atoms with Crippen molar-refractivity contribution in [1.82, 2.24) is 10.2 Å². The first-order chi connectivity index (χ1) is 11.5. The molecule has 1 amide bonds. The first-order valence-corrected chi connectivity index (χ1v) is 8.70. The van der Waals surface area contributed by atoms with Crippen LogP contribution in [0.15, 0.2) is 40.8 Å². The SMILES string of the molecule is CC(C)Cc1nnc(NC(=O)c2ccc(-c3ccc(Cl)cc3)o2)s1. The molecule has 0 aliphatic rings. The van der Waals surface area contributed by atoms with Crippen molar-refractivity contribution in [2.24, 2.45) is 5.92 Å². The summed E-state index contributed by atoms with van der Waals surface area (Å²) in [6.45, 7) is 4.22. The number of aromatic nitrogens is 2. The van der Waals surface area contributed by atoms with E-state index in [0.717, 1.165) is 17.0 Å². The number of benzene rings is 1. The lowest BCUT2D eigenvalue weighted by Gasteiger charge is -1.99. The predicted octanol–water partition coefficient (Wildman–Crippen LogP) is 4.90. The lowest BCUT2D eigenvalue weighted by atomic mass is 10.1. The van der Waals surface area contributed by atoms with Gasteiger partial charge in [0.1, 0.15) is 10.8 Å². The molecule has 3 rings (SSSR count). The van der Waals surface area contributed by atoms with E-state index in [1.807, 2.05) is 12.1 Å². The highest BCUT2D eigenvalue weighted by Crippen LogP contribution is 2.25. The second kappa shape index (κ2) is 7.15. The number of halogens is 1. The van der Waals surface area contributed by atoms with Gasteiger partial charge >= 0.3 is 0 Å². The molecule has 2 heterocycles. The van der Waals surface area contributed by atoms with Crippen molar-refractivity contribution in [1.29, 1.82) is 0 Å². The molecule has 24 heavy (non-hydrogen) atoms. The maximum absolute atomic E-state index is 12.3. The van der Waals surface area contributed by atoms with Crippen LogP contribution in [0.4, 0.5) is 5.13 Å². The van der Waals surface area contributed by atoms with Crippen molar-refractivity contribution >= 4 is 34.0 Å². The van der Waals surface area contributed by atoms with Gasteiger partial charge in [0.2, 0.25) is 5.13 Å². The topological polar surface area (TPSA) is 68.0 Å². The maximum Gasteiger partial charge on any atom is 0.293 e. The molecule has 0 aliphatic carbocycles. The van der Waals surface area contributed by atoms with Crippen LogP contribution in [0.3, 0.4) is 0 Å². The monoisotopic (exact) mass is 361 g/mol. The Morgan fingerprint density at radius 1 is 1.21 bits per heavy atom. The minimum Gasteiger partial charge on any atom is -0.451 e. The number of hydrogen-bond acceptors (Lipinski definition) is 5. The summed E-state index contributed by atoms with van der Waals surface area (Å²) in [5.41, 5.74) is 0.855. The van der Waals surface area contributed by atoms with Crippen molar-refractivity contribution in [3.8, 4) is 11.3 Å². The number of anilines is 1. The molecule has 1 N–H and O–H groups in total. The number of nitrogens with one attached hydrogen (secondary N) is 1. The molecule has 3 aromatic rings. The van der Waals surface area contributed by atoms with Crippen LogP contribution in [-0.2, 0) is 6.42 Å². The van der Waals surface area contributed by atoms with E-state index in [2.05, 4.69) is 29.4 Å². The van der Waals surface area contributed by atoms with Crippen molar-refractivity contribution in [3.63, 3.8) is 0 Å². The zero-order valence-electron chi connectivity index (χ0n) is 13.2. The van der Waals surface area contributed by atoms with Gasteiger partial charge in [-0.05, 0) is 42.3 Å². The number of carbonyl (C=O) groups excluding carboxylic acids is 1. The van der Waals surface area contributed by atoms with E-state index in [1.54, 1.807) is 24.3 Å². The average molecular weight is 362 g/mol. The first kappa shape index (κ1) is 16.7. The fraction of sp³-hybridized carbons (Fsp3) is 0.235. The van der Waals surface area contributed by atoms with Crippen molar-refractivity contribution < 1.29 is 9.21 Å². The Kier molecular flexibility index (Phi) is 4.97. The van der Waals surface area contributed by atoms with E-state index in [-0.39, 0.29) is 11.7 Å². The molecule has 0 saturated carbocycles. The average Bonchev–Trinajstić information content (AvgIpc) is 3.17. The van der Waals surface area contributed by atoms with Gasteiger partial charge < -0.3 is 4.42 Å². The van der Waals surface area contributed by atoms with Crippen LogP contribution >= 0.6 is 22.9 Å². The van der Waals surface area contributed by atoms with E-state index in [0.29, 0.717) is 21.8 Å². The highest BCUT2D eigenvalue weighted by Gasteiger charge is 2.15. The number of rotatable bonds is 5. The first-order valence-electron chi connectivity index (χ1n) is 7.51. The summed E-state index contributed by atoms with van der Waals surface area (Å²) in [5.74, 6) is 0.978. The molecule has 124 valence electrons. The zero-order chi connectivity index (χ0) is 17.1. The summed E-state index contributed by atoms with van der Waals surface area (Å²) < 4.78 is 5.62. The summed E-state index contributed by atoms with van der Waals surface area (Å²) >= 11 is 7.25. The van der Waals surface area contributed by atoms with Crippen LogP contribution < -0.4 is 5.32 Å². The van der Waals surface area contributed by atoms with Gasteiger partial charge in [0.15, 0.2) is 5.76 Å². The third-order valence-electron chi connectivity index (χ3n) is 3.23. The van der Waals surface area contributed by atoms with Gasteiger partial charge in [-0.15, -0.1) is 10.2 Å². The number of hydrogen-bond donors (Lipinski definition) is 1. The fourth-order valence-corrected chi connectivity index (χ4v) is 3.20. The van der Waals surface area contributed by atoms with Crippen LogP contribution in [-0.4, -0.2) is 16.1 Å². The lowest BCUT2D eigenvalue weighted by Crippen LogP contribution is -2.10. The Morgan fingerprint density at radius 3 is 2.67 bits per heavy atom. The minimum absolute atomic E-state index is 0.223. The standard InChI is InChI=1S/C17H16ClN3O2S/c1-10(2)9-15-20-21-17(24-15)19-16(22)14-8-7-13(23-14)11-3-5-12(18)6-4-11/h3-8,10H,9H2,1-2H3,(H,19,21,22). The summed E-state index contributed by atoms with van der Waals surface area (Å²) in [5, 5.41) is 12.8. The number of furan rings is 1. The Morgan fingerprint density at radius 2 is 1.96 bits per heavy atom. The third-order valence-corrected chi connectivity index (χ3v) is 4.34. The Hall–Kier alpha value is -2.18. The second-order valence-corrected chi connectivity index (χ2v) is 7.22. The quantitative estimate of drug-likeness (QED) is 0.701. The molecule has 5 nitrogen and oxygen atoms in total. The Labute approximate surface area is 148 Å². The molecular formula is C17H16ClN3O2S. The molecule has 0 fully saturated rings. The molecule has 0 aliphatic heterocycles. The van der Waals surface area contributed by atoms with Gasteiger partial charge in [0.05, 0.1) is 0 Å². The van der Waals surface area contributed by atoms with E-state index in [1.165, 1.54) is 11.3 Å². The Balaban J connectivity index is 1.69. The molecule has 0 unspecified atom stereocenters. The van der Waals surface area contributed by atoms with Crippen LogP contribution in [0, 0.1) is 5.92 Å². The van der Waals surface area contributed by atoms with Gasteiger partial charge in [0, 0.05) is 17.0 Å². The van der Waals surface area contributed by atoms with Crippen LogP contribution in [0.2, 0.25) is 5.02 Å². The largest absolute Gasteiger partial charge is 0.451 e. The third kappa shape index (κ3) is 4.01. The predicted molar refractivity (Wildman–Crippen MR) is 95.6 cm³/mol. The smallest absolute Gasteiger partial charge is 0.293 e. The highest BCUT2D eigenvalue weighted by atomic mass is 35.5. The summed E-state index contributed by atoms with van der Waals surface area (Å²) in [6, 6.07) is 10.6. The maximum atomic E-state index is 12.3. The van der Waals surface area contributed by atoms with Crippen LogP contribution in [0.5, 0.6) is 0 Å². The van der Waals surface area contributed by atoms with Gasteiger partial charge in [-0.3, -0.25) is 10.1 Å². The Bertz CT molecular complexity index is 840. The van der Waals surface area contributed by atoms with Crippen molar-refractivity contribution in [2.75, 3.05) is 5.32 Å². The molecular weight excluding hydrogens is 346 g/mol. The van der Waals surface area contributed by atoms with E-state index < -0.39 is 0 Å². The highest BCUT2D eigenvalue weighted by molar-refractivity contribution is 7.15. The molecule has 0 spiro atoms. The molecule has 0 atom stereocenters.